The molecular weight excluding hydrogens is 174 g/mol. The summed E-state index contributed by atoms with van der Waals surface area (Å²) in [6.07, 6.45) is 7.87. The summed E-state index contributed by atoms with van der Waals surface area (Å²) in [5, 5.41) is 3.22. The monoisotopic (exact) mass is 195 g/mol. The van der Waals surface area contributed by atoms with Crippen molar-refractivity contribution in [2.45, 2.75) is 51.5 Å². The van der Waals surface area contributed by atoms with E-state index >= 15 is 0 Å². The van der Waals surface area contributed by atoms with Gasteiger partial charge < -0.3 is 11.1 Å². The molecule has 3 nitrogen and oxygen atoms in total. The number of nitrogens with two attached hydrogens (primary N) is 1. The minimum absolute atomic E-state index is 0.426. The molecule has 0 saturated heterocycles. The van der Waals surface area contributed by atoms with E-state index in [1.165, 1.54) is 38.5 Å². The molecule has 2 saturated carbocycles. The van der Waals surface area contributed by atoms with E-state index in [1.807, 2.05) is 0 Å². The first-order chi connectivity index (χ1) is 6.68. The van der Waals surface area contributed by atoms with E-state index in [0.29, 0.717) is 17.4 Å². The summed E-state index contributed by atoms with van der Waals surface area (Å²) in [5.41, 5.74) is 6.22. The maximum atomic E-state index is 5.79. The van der Waals surface area contributed by atoms with Gasteiger partial charge in [0.15, 0.2) is 5.96 Å². The van der Waals surface area contributed by atoms with Crippen LogP contribution in [-0.2, 0) is 0 Å². The lowest BCUT2D eigenvalue weighted by Gasteiger charge is -2.20. The summed E-state index contributed by atoms with van der Waals surface area (Å²) in [7, 11) is 0. The molecule has 0 atom stereocenters. The van der Waals surface area contributed by atoms with Crippen LogP contribution in [0, 0.1) is 5.41 Å². The number of guanidine groups is 1. The molecule has 0 aromatic carbocycles. The van der Waals surface area contributed by atoms with Crippen molar-refractivity contribution in [3.8, 4) is 0 Å². The van der Waals surface area contributed by atoms with Crippen LogP contribution >= 0.6 is 0 Å². The zero-order valence-electron chi connectivity index (χ0n) is 9.05. The van der Waals surface area contributed by atoms with Crippen LogP contribution in [0.15, 0.2) is 4.99 Å². The van der Waals surface area contributed by atoms with Crippen LogP contribution in [0.25, 0.3) is 0 Å². The molecule has 14 heavy (non-hydrogen) atoms. The molecule has 0 unspecified atom stereocenters. The van der Waals surface area contributed by atoms with Crippen LogP contribution in [-0.4, -0.2) is 18.5 Å². The Morgan fingerprint density at radius 2 is 2.07 bits per heavy atom. The molecule has 2 aliphatic carbocycles. The fourth-order valence-corrected chi connectivity index (χ4v) is 2.15. The lowest BCUT2D eigenvalue weighted by atomic mass is 9.89. The smallest absolute Gasteiger partial charge is 0.188 e. The predicted molar refractivity (Wildman–Crippen MR) is 59.2 cm³/mol. The summed E-state index contributed by atoms with van der Waals surface area (Å²) in [5.74, 6) is 0.653. The van der Waals surface area contributed by atoms with Crippen molar-refractivity contribution in [3.63, 3.8) is 0 Å². The van der Waals surface area contributed by atoms with Crippen LogP contribution in [0.1, 0.15) is 45.4 Å². The number of nitrogens with one attached hydrogen (secondary N) is 1. The van der Waals surface area contributed by atoms with Crippen LogP contribution in [0.4, 0.5) is 0 Å². The molecule has 0 heterocycles. The third-order valence-corrected chi connectivity index (χ3v) is 3.37. The van der Waals surface area contributed by atoms with Gasteiger partial charge in [0.25, 0.3) is 0 Å². The first-order valence-electron chi connectivity index (χ1n) is 5.74. The summed E-state index contributed by atoms with van der Waals surface area (Å²) < 4.78 is 0. The second-order valence-electron chi connectivity index (χ2n) is 5.14. The van der Waals surface area contributed by atoms with E-state index in [0.717, 1.165) is 6.54 Å². The molecule has 2 fully saturated rings. The van der Waals surface area contributed by atoms with Crippen molar-refractivity contribution in [1.82, 2.24) is 5.32 Å². The van der Waals surface area contributed by atoms with Crippen molar-refractivity contribution >= 4 is 5.96 Å². The van der Waals surface area contributed by atoms with Gasteiger partial charge in [0.05, 0.1) is 0 Å². The van der Waals surface area contributed by atoms with Gasteiger partial charge in [-0.15, -0.1) is 0 Å². The summed E-state index contributed by atoms with van der Waals surface area (Å²) in [6.45, 7) is 3.23. The average Bonchev–Trinajstić information content (AvgIpc) is 2.85. The number of hydrogen-bond donors (Lipinski definition) is 2. The molecule has 3 N–H and O–H groups in total. The van der Waals surface area contributed by atoms with Crippen LogP contribution in [0.3, 0.4) is 0 Å². The Hall–Kier alpha value is -0.730. The number of aliphatic imine (C=N–C) groups is 1. The highest BCUT2D eigenvalue weighted by Crippen LogP contribution is 2.37. The topological polar surface area (TPSA) is 50.4 Å². The lowest BCUT2D eigenvalue weighted by molar-refractivity contribution is 0.351. The second-order valence-corrected chi connectivity index (χ2v) is 5.14. The summed E-state index contributed by atoms with van der Waals surface area (Å²) >= 11 is 0. The molecule has 0 bridgehead atoms. The van der Waals surface area contributed by atoms with E-state index in [9.17, 15) is 0 Å². The number of nitrogens with zero attached hydrogens (tertiary/aromatic N) is 1. The first-order valence-corrected chi connectivity index (χ1v) is 5.74. The maximum absolute atomic E-state index is 5.79. The average molecular weight is 195 g/mol. The predicted octanol–water partition coefficient (Wildman–Crippen LogP) is 1.63. The first kappa shape index (κ1) is 9.81. The van der Waals surface area contributed by atoms with Crippen LogP contribution in [0.2, 0.25) is 0 Å². The zero-order valence-corrected chi connectivity index (χ0v) is 9.05. The second kappa shape index (κ2) is 3.79. The number of hydrogen-bond acceptors (Lipinski definition) is 1. The molecule has 0 aromatic rings. The Morgan fingerprint density at radius 1 is 1.43 bits per heavy atom. The minimum atomic E-state index is 0.426. The molecule has 3 heteroatoms. The number of rotatable bonds is 3. The molecular formula is C11H21N3. The third kappa shape index (κ3) is 2.63. The SMILES string of the molecule is CC1(CN=C(N)NC2CC2)CCCC1. The molecule has 0 radical (unpaired) electrons. The molecule has 80 valence electrons. The standard InChI is InChI=1S/C11H21N3/c1-11(6-2-3-7-11)8-13-10(12)14-9-4-5-9/h9H,2-8H2,1H3,(H3,12,13,14). The highest BCUT2D eigenvalue weighted by atomic mass is 15.1. The van der Waals surface area contributed by atoms with Gasteiger partial charge in [-0.3, -0.25) is 4.99 Å². The Kier molecular flexibility index (Phi) is 2.66. The molecule has 2 aliphatic rings. The van der Waals surface area contributed by atoms with Gasteiger partial charge in [-0.05, 0) is 31.1 Å². The van der Waals surface area contributed by atoms with Crippen molar-refractivity contribution in [2.75, 3.05) is 6.54 Å². The van der Waals surface area contributed by atoms with Crippen molar-refractivity contribution in [3.05, 3.63) is 0 Å². The Labute approximate surface area is 86.2 Å². The van der Waals surface area contributed by atoms with Gasteiger partial charge in [-0.1, -0.05) is 19.8 Å². The van der Waals surface area contributed by atoms with E-state index < -0.39 is 0 Å². The molecule has 0 amide bonds. The van der Waals surface area contributed by atoms with Crippen molar-refractivity contribution in [2.24, 2.45) is 16.1 Å². The Bertz CT molecular complexity index is 225. The highest BCUT2D eigenvalue weighted by molar-refractivity contribution is 5.78. The van der Waals surface area contributed by atoms with Crippen LogP contribution in [0.5, 0.6) is 0 Å². The molecule has 0 spiro atoms. The zero-order chi connectivity index (χ0) is 10.0. The van der Waals surface area contributed by atoms with E-state index in [4.69, 9.17) is 5.73 Å². The Morgan fingerprint density at radius 3 is 2.64 bits per heavy atom. The van der Waals surface area contributed by atoms with Gasteiger partial charge in [0.2, 0.25) is 0 Å². The van der Waals surface area contributed by atoms with E-state index in [2.05, 4.69) is 17.2 Å². The van der Waals surface area contributed by atoms with Gasteiger partial charge in [-0.25, -0.2) is 0 Å². The molecule has 2 rings (SSSR count). The largest absolute Gasteiger partial charge is 0.370 e. The fourth-order valence-electron chi connectivity index (χ4n) is 2.15. The quantitative estimate of drug-likeness (QED) is 0.531. The van der Waals surface area contributed by atoms with Crippen LogP contribution < -0.4 is 11.1 Å². The van der Waals surface area contributed by atoms with Gasteiger partial charge in [-0.2, -0.15) is 0 Å². The van der Waals surface area contributed by atoms with Crippen molar-refractivity contribution < 1.29 is 0 Å². The van der Waals surface area contributed by atoms with Gasteiger partial charge >= 0.3 is 0 Å². The van der Waals surface area contributed by atoms with E-state index in [1.54, 1.807) is 0 Å². The molecule has 0 aliphatic heterocycles. The Balaban J connectivity index is 1.78. The summed E-state index contributed by atoms with van der Waals surface area (Å²) in [6, 6.07) is 0.620. The third-order valence-electron chi connectivity index (χ3n) is 3.37. The molecule has 0 aromatic heterocycles. The van der Waals surface area contributed by atoms with Gasteiger partial charge in [0, 0.05) is 12.6 Å². The van der Waals surface area contributed by atoms with E-state index in [-0.39, 0.29) is 0 Å². The lowest BCUT2D eigenvalue weighted by Crippen LogP contribution is -2.34. The maximum Gasteiger partial charge on any atom is 0.188 e. The van der Waals surface area contributed by atoms with Crippen molar-refractivity contribution in [1.29, 1.82) is 0 Å². The highest BCUT2D eigenvalue weighted by Gasteiger charge is 2.28. The van der Waals surface area contributed by atoms with Gasteiger partial charge in [0.1, 0.15) is 0 Å². The summed E-state index contributed by atoms with van der Waals surface area (Å²) in [4.78, 5) is 4.44. The minimum Gasteiger partial charge on any atom is -0.370 e. The fraction of sp³-hybridized carbons (Fsp3) is 0.909. The normalized spacial score (nSPS) is 26.5.